The molecule has 2 fully saturated rings. The first-order valence-electron chi connectivity index (χ1n) is 8.91. The lowest BCUT2D eigenvalue weighted by atomic mass is 10.3. The lowest BCUT2D eigenvalue weighted by molar-refractivity contribution is -0.385. The van der Waals surface area contributed by atoms with Gasteiger partial charge < -0.3 is 19.9 Å². The second-order valence-electron chi connectivity index (χ2n) is 6.80. The minimum Gasteiger partial charge on any atom is -0.470 e. The third-order valence-electron chi connectivity index (χ3n) is 4.40. The molecule has 0 unspecified atom stereocenters. The summed E-state index contributed by atoms with van der Waals surface area (Å²) in [4.78, 5) is 23.6. The fraction of sp³-hybridized carbons (Fsp3) is 0.733. The van der Waals surface area contributed by atoms with E-state index in [2.05, 4.69) is 15.3 Å². The number of piperazine rings is 1. The normalized spacial score (nSPS) is 20.0. The van der Waals surface area contributed by atoms with Gasteiger partial charge in [0, 0.05) is 39.3 Å². The summed E-state index contributed by atoms with van der Waals surface area (Å²) in [6, 6.07) is 0. The van der Waals surface area contributed by atoms with E-state index in [0.717, 1.165) is 13.1 Å². The third-order valence-corrected chi connectivity index (χ3v) is 6.00. The van der Waals surface area contributed by atoms with E-state index >= 15 is 0 Å². The minimum absolute atomic E-state index is 0.0580. The van der Waals surface area contributed by atoms with Gasteiger partial charge in [-0.2, -0.15) is 9.97 Å². The summed E-state index contributed by atoms with van der Waals surface area (Å²) in [6.07, 6.45) is -0.302. The van der Waals surface area contributed by atoms with E-state index in [9.17, 15) is 18.5 Å². The number of ether oxygens (including phenoxy) is 1. The molecule has 3 rings (SSSR count). The molecule has 2 saturated heterocycles. The average Bonchev–Trinajstić information content (AvgIpc) is 2.61. The van der Waals surface area contributed by atoms with Crippen LogP contribution in [0, 0.1) is 10.1 Å². The van der Waals surface area contributed by atoms with Crippen molar-refractivity contribution in [3.05, 3.63) is 10.1 Å². The van der Waals surface area contributed by atoms with E-state index in [1.807, 2.05) is 4.90 Å². The molecule has 2 aliphatic rings. The Labute approximate surface area is 157 Å². The Bertz CT molecular complexity index is 795. The maximum Gasteiger partial charge on any atom is 0.373 e. The zero-order valence-electron chi connectivity index (χ0n) is 15.4. The number of nitrogens with zero attached hydrogens (tertiary/aromatic N) is 5. The SMILES string of the molecule is CC(C)Oc1nc(N2CCNCC2)nc(N2CCS(=O)(=O)CC2)c1[N+](=O)[O-]. The molecule has 1 N–H and O–H groups in total. The molecule has 11 nitrogen and oxygen atoms in total. The molecule has 150 valence electrons. The van der Waals surface area contributed by atoms with Gasteiger partial charge in [0.05, 0.1) is 22.5 Å². The van der Waals surface area contributed by atoms with Crippen molar-refractivity contribution in [2.45, 2.75) is 20.0 Å². The molecule has 0 radical (unpaired) electrons. The number of sulfone groups is 1. The molecule has 27 heavy (non-hydrogen) atoms. The van der Waals surface area contributed by atoms with Gasteiger partial charge in [-0.05, 0) is 13.8 Å². The smallest absolute Gasteiger partial charge is 0.373 e. The summed E-state index contributed by atoms with van der Waals surface area (Å²) in [6.45, 7) is 6.72. The lowest BCUT2D eigenvalue weighted by Crippen LogP contribution is -2.45. The highest BCUT2D eigenvalue weighted by atomic mass is 32.2. The molecule has 3 heterocycles. The predicted octanol–water partition coefficient (Wildman–Crippen LogP) is -0.184. The van der Waals surface area contributed by atoms with Crippen LogP contribution in [0.5, 0.6) is 5.88 Å². The average molecular weight is 400 g/mol. The molecule has 0 saturated carbocycles. The van der Waals surface area contributed by atoms with Crippen molar-refractivity contribution in [2.24, 2.45) is 0 Å². The minimum atomic E-state index is -3.12. The Hall–Kier alpha value is -2.21. The quantitative estimate of drug-likeness (QED) is 0.524. The fourth-order valence-electron chi connectivity index (χ4n) is 3.03. The van der Waals surface area contributed by atoms with Gasteiger partial charge in [-0.1, -0.05) is 0 Å². The van der Waals surface area contributed by atoms with Crippen molar-refractivity contribution in [1.82, 2.24) is 15.3 Å². The lowest BCUT2D eigenvalue weighted by Gasteiger charge is -2.31. The van der Waals surface area contributed by atoms with Gasteiger partial charge >= 0.3 is 11.6 Å². The fourth-order valence-corrected chi connectivity index (χ4v) is 4.23. The monoisotopic (exact) mass is 400 g/mol. The topological polar surface area (TPSA) is 131 Å². The molecule has 0 aliphatic carbocycles. The van der Waals surface area contributed by atoms with Crippen LogP contribution in [0.1, 0.15) is 13.8 Å². The summed E-state index contributed by atoms with van der Waals surface area (Å²) in [5.74, 6) is 0.284. The van der Waals surface area contributed by atoms with Crippen LogP contribution in [0.4, 0.5) is 17.5 Å². The summed E-state index contributed by atoms with van der Waals surface area (Å²) in [5.41, 5.74) is -0.318. The Morgan fingerprint density at radius 1 is 1.11 bits per heavy atom. The van der Waals surface area contributed by atoms with E-state index < -0.39 is 14.8 Å². The molecular formula is C15H24N6O5S. The predicted molar refractivity (Wildman–Crippen MR) is 100 cm³/mol. The van der Waals surface area contributed by atoms with Gasteiger partial charge in [0.2, 0.25) is 11.8 Å². The molecule has 0 atom stereocenters. The molecule has 0 aromatic carbocycles. The molecule has 12 heteroatoms. The second kappa shape index (κ2) is 7.80. The summed E-state index contributed by atoms with van der Waals surface area (Å²) in [7, 11) is -3.12. The zero-order chi connectivity index (χ0) is 19.6. The highest BCUT2D eigenvalue weighted by Gasteiger charge is 2.34. The zero-order valence-corrected chi connectivity index (χ0v) is 16.2. The maximum absolute atomic E-state index is 11.8. The van der Waals surface area contributed by atoms with Crippen molar-refractivity contribution in [3.8, 4) is 5.88 Å². The van der Waals surface area contributed by atoms with Crippen molar-refractivity contribution < 1.29 is 18.1 Å². The van der Waals surface area contributed by atoms with E-state index in [1.54, 1.807) is 18.7 Å². The number of hydrogen-bond donors (Lipinski definition) is 1. The van der Waals surface area contributed by atoms with Gasteiger partial charge in [-0.25, -0.2) is 8.42 Å². The van der Waals surface area contributed by atoms with Crippen LogP contribution in [0.25, 0.3) is 0 Å². The van der Waals surface area contributed by atoms with Crippen LogP contribution in [0.15, 0.2) is 0 Å². The third kappa shape index (κ3) is 4.56. The summed E-state index contributed by atoms with van der Waals surface area (Å²) >= 11 is 0. The van der Waals surface area contributed by atoms with Crippen LogP contribution in [-0.4, -0.2) is 80.2 Å². The first-order chi connectivity index (χ1) is 12.8. The van der Waals surface area contributed by atoms with Crippen molar-refractivity contribution in [1.29, 1.82) is 0 Å². The van der Waals surface area contributed by atoms with Crippen molar-refractivity contribution >= 4 is 27.3 Å². The van der Waals surface area contributed by atoms with E-state index in [0.29, 0.717) is 19.0 Å². The first-order valence-corrected chi connectivity index (χ1v) is 10.7. The van der Waals surface area contributed by atoms with Crippen molar-refractivity contribution in [3.63, 3.8) is 0 Å². The molecule has 2 aliphatic heterocycles. The van der Waals surface area contributed by atoms with Crippen LogP contribution in [0.3, 0.4) is 0 Å². The van der Waals surface area contributed by atoms with E-state index in [4.69, 9.17) is 4.74 Å². The number of rotatable bonds is 5. The van der Waals surface area contributed by atoms with E-state index in [1.165, 1.54) is 0 Å². The number of hydrogen-bond acceptors (Lipinski definition) is 10. The van der Waals surface area contributed by atoms with Gasteiger partial charge in [0.15, 0.2) is 9.84 Å². The van der Waals surface area contributed by atoms with Crippen molar-refractivity contribution in [2.75, 3.05) is 60.6 Å². The number of aromatic nitrogens is 2. The second-order valence-corrected chi connectivity index (χ2v) is 9.10. The molecule has 0 amide bonds. The largest absolute Gasteiger partial charge is 0.470 e. The molecule has 0 bridgehead atoms. The highest BCUT2D eigenvalue weighted by molar-refractivity contribution is 7.91. The van der Waals surface area contributed by atoms with Crippen LogP contribution in [0.2, 0.25) is 0 Å². The van der Waals surface area contributed by atoms with Gasteiger partial charge in [-0.15, -0.1) is 0 Å². The van der Waals surface area contributed by atoms with Crippen LogP contribution in [-0.2, 0) is 9.84 Å². The first kappa shape index (κ1) is 19.5. The van der Waals surface area contributed by atoms with Gasteiger partial charge in [0.1, 0.15) is 0 Å². The molecular weight excluding hydrogens is 376 g/mol. The number of nitro groups is 1. The Kier molecular flexibility index (Phi) is 5.65. The number of nitrogens with one attached hydrogen (secondary N) is 1. The van der Waals surface area contributed by atoms with E-state index in [-0.39, 0.29) is 48.1 Å². The standard InChI is InChI=1S/C15H24N6O5S/c1-11(2)26-14-12(21(22)23)13(19-7-9-27(24,25)10-8-19)17-15(18-14)20-5-3-16-4-6-20/h11,16H,3-10H2,1-2H3. The van der Waals surface area contributed by atoms with Crippen LogP contribution < -0.4 is 19.9 Å². The molecule has 1 aromatic rings. The summed E-state index contributed by atoms with van der Waals surface area (Å²) < 4.78 is 29.1. The van der Waals surface area contributed by atoms with Gasteiger partial charge in [-0.3, -0.25) is 10.1 Å². The number of anilines is 2. The highest BCUT2D eigenvalue weighted by Crippen LogP contribution is 2.37. The maximum atomic E-state index is 11.8. The van der Waals surface area contributed by atoms with Crippen LogP contribution >= 0.6 is 0 Å². The Morgan fingerprint density at radius 2 is 1.74 bits per heavy atom. The Balaban J connectivity index is 2.05. The van der Waals surface area contributed by atoms with Gasteiger partial charge in [0.25, 0.3) is 0 Å². The Morgan fingerprint density at radius 3 is 2.30 bits per heavy atom. The summed E-state index contributed by atoms with van der Waals surface area (Å²) in [5, 5.41) is 15.0. The molecule has 1 aromatic heterocycles. The molecule has 0 spiro atoms.